The lowest BCUT2D eigenvalue weighted by molar-refractivity contribution is 0.640. The van der Waals surface area contributed by atoms with Crippen molar-refractivity contribution < 1.29 is 0 Å². The third kappa shape index (κ3) is 4.53. The SMILES string of the molecule is CCNC(=S)Nc1nnc(CC(C)C)s1. The van der Waals surface area contributed by atoms with Crippen LogP contribution in [0.15, 0.2) is 0 Å². The predicted octanol–water partition coefficient (Wildman–Crippen LogP) is 2.04. The molecule has 1 aromatic rings. The lowest BCUT2D eigenvalue weighted by atomic mass is 10.1. The second-order valence-corrected chi connectivity index (χ2v) is 5.05. The summed E-state index contributed by atoms with van der Waals surface area (Å²) in [5.74, 6) is 0.603. The maximum atomic E-state index is 5.05. The second-order valence-electron chi connectivity index (χ2n) is 3.58. The fourth-order valence-corrected chi connectivity index (χ4v) is 2.30. The maximum Gasteiger partial charge on any atom is 0.211 e. The van der Waals surface area contributed by atoms with Crippen molar-refractivity contribution in [3.05, 3.63) is 5.01 Å². The van der Waals surface area contributed by atoms with E-state index in [1.807, 2.05) is 6.92 Å². The normalized spacial score (nSPS) is 10.4. The molecule has 0 aromatic carbocycles. The van der Waals surface area contributed by atoms with Crippen molar-refractivity contribution in [3.8, 4) is 0 Å². The van der Waals surface area contributed by atoms with Gasteiger partial charge in [-0.05, 0) is 25.1 Å². The summed E-state index contributed by atoms with van der Waals surface area (Å²) in [4.78, 5) is 0. The van der Waals surface area contributed by atoms with Crippen molar-refractivity contribution in [2.45, 2.75) is 27.2 Å². The summed E-state index contributed by atoms with van der Waals surface area (Å²) in [5.41, 5.74) is 0. The minimum Gasteiger partial charge on any atom is -0.363 e. The molecule has 0 saturated carbocycles. The highest BCUT2D eigenvalue weighted by Gasteiger charge is 2.06. The number of anilines is 1. The molecule has 0 aliphatic heterocycles. The fourth-order valence-electron chi connectivity index (χ4n) is 1.04. The number of thiocarbonyl (C=S) groups is 1. The van der Waals surface area contributed by atoms with Crippen LogP contribution in [0.25, 0.3) is 0 Å². The van der Waals surface area contributed by atoms with Crippen molar-refractivity contribution in [1.29, 1.82) is 0 Å². The zero-order valence-corrected chi connectivity index (χ0v) is 10.8. The maximum absolute atomic E-state index is 5.05. The van der Waals surface area contributed by atoms with Gasteiger partial charge in [0.05, 0.1) is 0 Å². The van der Waals surface area contributed by atoms with Crippen molar-refractivity contribution >= 4 is 33.8 Å². The van der Waals surface area contributed by atoms with E-state index in [1.54, 1.807) is 11.3 Å². The molecule has 0 fully saturated rings. The number of nitrogens with zero attached hydrogens (tertiary/aromatic N) is 2. The Labute approximate surface area is 99.5 Å². The van der Waals surface area contributed by atoms with Gasteiger partial charge in [-0.3, -0.25) is 0 Å². The largest absolute Gasteiger partial charge is 0.363 e. The highest BCUT2D eigenvalue weighted by Crippen LogP contribution is 2.17. The molecule has 1 heterocycles. The first-order valence-corrected chi connectivity index (χ1v) is 6.21. The molecule has 84 valence electrons. The number of hydrogen-bond donors (Lipinski definition) is 2. The Morgan fingerprint density at radius 2 is 2.20 bits per heavy atom. The number of nitrogens with one attached hydrogen (secondary N) is 2. The molecule has 0 atom stereocenters. The summed E-state index contributed by atoms with van der Waals surface area (Å²) in [5, 5.41) is 16.5. The average Bonchev–Trinajstić information content (AvgIpc) is 2.51. The number of rotatable bonds is 4. The van der Waals surface area contributed by atoms with Crippen LogP contribution in [-0.4, -0.2) is 21.9 Å². The van der Waals surface area contributed by atoms with Gasteiger partial charge >= 0.3 is 0 Å². The van der Waals surface area contributed by atoms with Crippen molar-refractivity contribution in [2.75, 3.05) is 11.9 Å². The van der Waals surface area contributed by atoms with E-state index >= 15 is 0 Å². The van der Waals surface area contributed by atoms with Gasteiger partial charge in [0.1, 0.15) is 5.01 Å². The minimum absolute atomic E-state index is 0.602. The quantitative estimate of drug-likeness (QED) is 0.794. The minimum atomic E-state index is 0.602. The van der Waals surface area contributed by atoms with Crippen LogP contribution in [0.1, 0.15) is 25.8 Å². The summed E-state index contributed by atoms with van der Waals surface area (Å²) in [7, 11) is 0. The Morgan fingerprint density at radius 1 is 1.47 bits per heavy atom. The lowest BCUT2D eigenvalue weighted by Crippen LogP contribution is -2.27. The van der Waals surface area contributed by atoms with Crippen LogP contribution in [0.3, 0.4) is 0 Å². The molecule has 1 aromatic heterocycles. The molecule has 2 N–H and O–H groups in total. The molecule has 0 bridgehead atoms. The third-order valence-corrected chi connectivity index (χ3v) is 2.71. The molecular formula is C9H16N4S2. The Bertz CT molecular complexity index is 322. The zero-order chi connectivity index (χ0) is 11.3. The number of hydrogen-bond acceptors (Lipinski definition) is 4. The number of aromatic nitrogens is 2. The Morgan fingerprint density at radius 3 is 2.80 bits per heavy atom. The van der Waals surface area contributed by atoms with E-state index in [4.69, 9.17) is 12.2 Å². The van der Waals surface area contributed by atoms with Crippen molar-refractivity contribution in [1.82, 2.24) is 15.5 Å². The van der Waals surface area contributed by atoms with Crippen LogP contribution in [0, 0.1) is 5.92 Å². The first-order chi connectivity index (χ1) is 7.11. The van der Waals surface area contributed by atoms with E-state index in [-0.39, 0.29) is 0 Å². The highest BCUT2D eigenvalue weighted by atomic mass is 32.1. The first kappa shape index (κ1) is 12.3. The van der Waals surface area contributed by atoms with Crippen LogP contribution in [-0.2, 0) is 6.42 Å². The summed E-state index contributed by atoms with van der Waals surface area (Å²) in [6.07, 6.45) is 0.966. The van der Waals surface area contributed by atoms with Gasteiger partial charge < -0.3 is 10.6 Å². The van der Waals surface area contributed by atoms with Crippen LogP contribution < -0.4 is 10.6 Å². The molecule has 15 heavy (non-hydrogen) atoms. The molecular weight excluding hydrogens is 228 g/mol. The van der Waals surface area contributed by atoms with Crippen molar-refractivity contribution in [3.63, 3.8) is 0 Å². The van der Waals surface area contributed by atoms with E-state index in [1.165, 1.54) is 0 Å². The molecule has 0 spiro atoms. The smallest absolute Gasteiger partial charge is 0.211 e. The van der Waals surface area contributed by atoms with Crippen LogP contribution >= 0.6 is 23.6 Å². The molecule has 0 aliphatic carbocycles. The van der Waals surface area contributed by atoms with E-state index in [0.717, 1.165) is 23.1 Å². The third-order valence-electron chi connectivity index (χ3n) is 1.61. The second kappa shape index (κ2) is 5.97. The Kier molecular flexibility index (Phi) is 4.90. The van der Waals surface area contributed by atoms with Gasteiger partial charge in [0.2, 0.25) is 5.13 Å². The molecule has 6 heteroatoms. The van der Waals surface area contributed by atoms with Crippen LogP contribution in [0.4, 0.5) is 5.13 Å². The molecule has 0 amide bonds. The Balaban J connectivity index is 2.49. The monoisotopic (exact) mass is 244 g/mol. The van der Waals surface area contributed by atoms with E-state index < -0.39 is 0 Å². The van der Waals surface area contributed by atoms with E-state index in [9.17, 15) is 0 Å². The summed E-state index contributed by atoms with van der Waals surface area (Å²) in [6.45, 7) is 7.14. The molecule has 1 rings (SSSR count). The predicted molar refractivity (Wildman–Crippen MR) is 68.3 cm³/mol. The van der Waals surface area contributed by atoms with Gasteiger partial charge in [-0.1, -0.05) is 25.2 Å². The molecule has 0 unspecified atom stereocenters. The van der Waals surface area contributed by atoms with Gasteiger partial charge in [0.15, 0.2) is 5.11 Å². The van der Waals surface area contributed by atoms with Gasteiger partial charge in [0.25, 0.3) is 0 Å². The lowest BCUT2D eigenvalue weighted by Gasteiger charge is -2.03. The summed E-state index contributed by atoms with van der Waals surface area (Å²) in [6, 6.07) is 0. The summed E-state index contributed by atoms with van der Waals surface area (Å²) < 4.78 is 0. The van der Waals surface area contributed by atoms with Crippen molar-refractivity contribution in [2.24, 2.45) is 5.92 Å². The van der Waals surface area contributed by atoms with Gasteiger partial charge in [-0.25, -0.2) is 0 Å². The summed E-state index contributed by atoms with van der Waals surface area (Å²) >= 11 is 6.60. The topological polar surface area (TPSA) is 49.8 Å². The van der Waals surface area contributed by atoms with Crippen LogP contribution in [0.2, 0.25) is 0 Å². The highest BCUT2D eigenvalue weighted by molar-refractivity contribution is 7.80. The first-order valence-electron chi connectivity index (χ1n) is 4.99. The molecule has 0 radical (unpaired) electrons. The van der Waals surface area contributed by atoms with Gasteiger partial charge in [0, 0.05) is 13.0 Å². The van der Waals surface area contributed by atoms with E-state index in [0.29, 0.717) is 11.0 Å². The van der Waals surface area contributed by atoms with E-state index in [2.05, 4.69) is 34.7 Å². The average molecular weight is 244 g/mol. The van der Waals surface area contributed by atoms with Gasteiger partial charge in [-0.15, -0.1) is 10.2 Å². The standard InChI is InChI=1S/C9H16N4S2/c1-4-10-8(14)11-9-13-12-7(15-9)5-6(2)3/h6H,4-5H2,1-3H3,(H2,10,11,13,14). The van der Waals surface area contributed by atoms with Crippen LogP contribution in [0.5, 0.6) is 0 Å². The van der Waals surface area contributed by atoms with Gasteiger partial charge in [-0.2, -0.15) is 0 Å². The molecule has 0 aliphatic rings. The molecule has 4 nitrogen and oxygen atoms in total. The molecule has 0 saturated heterocycles. The zero-order valence-electron chi connectivity index (χ0n) is 9.20. The Hall–Kier alpha value is -0.750. The fraction of sp³-hybridized carbons (Fsp3) is 0.667.